The van der Waals surface area contributed by atoms with E-state index in [9.17, 15) is 0 Å². The molecule has 20 heavy (non-hydrogen) atoms. The Balaban J connectivity index is 1.91. The summed E-state index contributed by atoms with van der Waals surface area (Å²) in [6.07, 6.45) is 7.16. The molecule has 0 spiro atoms. The van der Waals surface area contributed by atoms with Crippen molar-refractivity contribution in [3.8, 4) is 11.3 Å². The molecule has 0 aliphatic rings. The maximum absolute atomic E-state index is 4.64. The molecule has 94 valence electrons. The van der Waals surface area contributed by atoms with E-state index in [-0.39, 0.29) is 0 Å². The molecule has 0 N–H and O–H groups in total. The van der Waals surface area contributed by atoms with Crippen LogP contribution in [0.25, 0.3) is 33.2 Å². The molecule has 0 fully saturated rings. The summed E-state index contributed by atoms with van der Waals surface area (Å²) < 4.78 is 0. The number of fused-ring (bicyclic) bond motifs is 2. The molecule has 0 aromatic carbocycles. The van der Waals surface area contributed by atoms with Gasteiger partial charge in [-0.05, 0) is 36.4 Å². The standard InChI is InChI=1S/C16H10N4/c1-2-15-16(18-6-1)8-12(10-19-15)13-4-3-11-9-17-7-5-14(11)20-13/h1-10H. The molecule has 0 aliphatic heterocycles. The van der Waals surface area contributed by atoms with Crippen molar-refractivity contribution in [1.82, 2.24) is 19.9 Å². The van der Waals surface area contributed by atoms with Gasteiger partial charge in [-0.25, -0.2) is 4.98 Å². The maximum atomic E-state index is 4.64. The highest BCUT2D eigenvalue weighted by Gasteiger charge is 2.04. The van der Waals surface area contributed by atoms with E-state index >= 15 is 0 Å². The Kier molecular flexibility index (Phi) is 2.39. The number of hydrogen-bond donors (Lipinski definition) is 0. The summed E-state index contributed by atoms with van der Waals surface area (Å²) in [7, 11) is 0. The van der Waals surface area contributed by atoms with Gasteiger partial charge in [0.2, 0.25) is 0 Å². The molecule has 4 aromatic rings. The second-order valence-electron chi connectivity index (χ2n) is 4.53. The minimum Gasteiger partial charge on any atom is -0.264 e. The zero-order valence-electron chi connectivity index (χ0n) is 10.6. The quantitative estimate of drug-likeness (QED) is 0.526. The zero-order chi connectivity index (χ0) is 13.4. The van der Waals surface area contributed by atoms with Gasteiger partial charge < -0.3 is 0 Å². The lowest BCUT2D eigenvalue weighted by molar-refractivity contribution is 1.30. The predicted molar refractivity (Wildman–Crippen MR) is 78.1 cm³/mol. The van der Waals surface area contributed by atoms with Crippen molar-refractivity contribution < 1.29 is 0 Å². The van der Waals surface area contributed by atoms with Gasteiger partial charge in [0.25, 0.3) is 0 Å². The second-order valence-corrected chi connectivity index (χ2v) is 4.53. The molecule has 4 nitrogen and oxygen atoms in total. The van der Waals surface area contributed by atoms with Crippen LogP contribution in [0.1, 0.15) is 0 Å². The first-order valence-corrected chi connectivity index (χ1v) is 6.32. The van der Waals surface area contributed by atoms with Gasteiger partial charge in [0.1, 0.15) is 0 Å². The highest BCUT2D eigenvalue weighted by atomic mass is 14.8. The van der Waals surface area contributed by atoms with Crippen LogP contribution < -0.4 is 0 Å². The molecule has 0 saturated heterocycles. The maximum Gasteiger partial charge on any atom is 0.0893 e. The molecule has 0 saturated carbocycles. The Morgan fingerprint density at radius 3 is 2.75 bits per heavy atom. The molecule has 0 atom stereocenters. The monoisotopic (exact) mass is 258 g/mol. The molecule has 0 amide bonds. The number of rotatable bonds is 1. The van der Waals surface area contributed by atoms with E-state index in [1.165, 1.54) is 0 Å². The van der Waals surface area contributed by atoms with Crippen LogP contribution >= 0.6 is 0 Å². The molecule has 0 radical (unpaired) electrons. The van der Waals surface area contributed by atoms with E-state index in [4.69, 9.17) is 0 Å². The van der Waals surface area contributed by atoms with Crippen LogP contribution in [-0.4, -0.2) is 19.9 Å². The number of pyridine rings is 4. The average molecular weight is 258 g/mol. The van der Waals surface area contributed by atoms with E-state index < -0.39 is 0 Å². The van der Waals surface area contributed by atoms with Crippen molar-refractivity contribution in [2.45, 2.75) is 0 Å². The predicted octanol–water partition coefficient (Wildman–Crippen LogP) is 3.24. The third kappa shape index (κ3) is 1.78. The van der Waals surface area contributed by atoms with Gasteiger partial charge in [-0.3, -0.25) is 15.0 Å². The normalized spacial score (nSPS) is 11.0. The molecule has 4 aromatic heterocycles. The van der Waals surface area contributed by atoms with Crippen LogP contribution in [0.5, 0.6) is 0 Å². The minimum absolute atomic E-state index is 0.877. The molecule has 0 unspecified atom stereocenters. The number of nitrogens with zero attached hydrogens (tertiary/aromatic N) is 4. The SMILES string of the molecule is c1cnc2cc(-c3ccc4cnccc4n3)cnc2c1. The molecule has 4 rings (SSSR count). The van der Waals surface area contributed by atoms with Crippen molar-refractivity contribution in [2.24, 2.45) is 0 Å². The van der Waals surface area contributed by atoms with E-state index in [1.807, 2.05) is 48.8 Å². The van der Waals surface area contributed by atoms with Gasteiger partial charge in [0.05, 0.1) is 22.2 Å². The van der Waals surface area contributed by atoms with Gasteiger partial charge in [0, 0.05) is 35.7 Å². The summed E-state index contributed by atoms with van der Waals surface area (Å²) in [5.74, 6) is 0. The first-order chi connectivity index (χ1) is 9.90. The van der Waals surface area contributed by atoms with Crippen LogP contribution in [0.2, 0.25) is 0 Å². The van der Waals surface area contributed by atoms with Crippen molar-refractivity contribution >= 4 is 21.9 Å². The lowest BCUT2D eigenvalue weighted by Crippen LogP contribution is -1.88. The zero-order valence-corrected chi connectivity index (χ0v) is 10.6. The fourth-order valence-electron chi connectivity index (χ4n) is 2.22. The third-order valence-corrected chi connectivity index (χ3v) is 3.24. The van der Waals surface area contributed by atoms with Crippen LogP contribution in [0.15, 0.2) is 61.2 Å². The van der Waals surface area contributed by atoms with Crippen molar-refractivity contribution in [3.63, 3.8) is 0 Å². The lowest BCUT2D eigenvalue weighted by atomic mass is 10.1. The summed E-state index contributed by atoms with van der Waals surface area (Å²) in [4.78, 5) is 17.5. The van der Waals surface area contributed by atoms with Crippen LogP contribution in [0.4, 0.5) is 0 Å². The van der Waals surface area contributed by atoms with E-state index in [1.54, 1.807) is 12.4 Å². The fourth-order valence-corrected chi connectivity index (χ4v) is 2.22. The minimum atomic E-state index is 0.877. The Morgan fingerprint density at radius 2 is 1.75 bits per heavy atom. The second kappa shape index (κ2) is 4.35. The summed E-state index contributed by atoms with van der Waals surface area (Å²) in [5.41, 5.74) is 4.56. The summed E-state index contributed by atoms with van der Waals surface area (Å²) >= 11 is 0. The summed E-state index contributed by atoms with van der Waals surface area (Å²) in [5, 5.41) is 1.03. The van der Waals surface area contributed by atoms with Gasteiger partial charge in [-0.2, -0.15) is 0 Å². The Labute approximate surface area is 115 Å². The van der Waals surface area contributed by atoms with Crippen molar-refractivity contribution in [1.29, 1.82) is 0 Å². The highest BCUT2D eigenvalue weighted by Crippen LogP contribution is 2.22. The molecule has 0 bridgehead atoms. The van der Waals surface area contributed by atoms with Gasteiger partial charge >= 0.3 is 0 Å². The molecule has 0 aliphatic carbocycles. The van der Waals surface area contributed by atoms with Crippen molar-refractivity contribution in [3.05, 3.63) is 61.2 Å². The largest absolute Gasteiger partial charge is 0.264 e. The van der Waals surface area contributed by atoms with Gasteiger partial charge in [-0.15, -0.1) is 0 Å². The van der Waals surface area contributed by atoms with E-state index in [0.29, 0.717) is 0 Å². The first kappa shape index (κ1) is 11.0. The van der Waals surface area contributed by atoms with Crippen molar-refractivity contribution in [2.75, 3.05) is 0 Å². The van der Waals surface area contributed by atoms with E-state index in [0.717, 1.165) is 33.2 Å². The van der Waals surface area contributed by atoms with Gasteiger partial charge in [-0.1, -0.05) is 0 Å². The Bertz CT molecular complexity index is 841. The number of aromatic nitrogens is 4. The average Bonchev–Trinajstić information content (AvgIpc) is 2.54. The Morgan fingerprint density at radius 1 is 0.750 bits per heavy atom. The third-order valence-electron chi connectivity index (χ3n) is 3.24. The molecular formula is C16H10N4. The topological polar surface area (TPSA) is 51.6 Å². The number of hydrogen-bond acceptors (Lipinski definition) is 4. The highest BCUT2D eigenvalue weighted by molar-refractivity contribution is 5.83. The van der Waals surface area contributed by atoms with E-state index in [2.05, 4.69) is 19.9 Å². The van der Waals surface area contributed by atoms with Crippen LogP contribution in [-0.2, 0) is 0 Å². The van der Waals surface area contributed by atoms with Gasteiger partial charge in [0.15, 0.2) is 0 Å². The summed E-state index contributed by atoms with van der Waals surface area (Å²) in [6.45, 7) is 0. The Hall–Kier alpha value is -2.88. The smallest absolute Gasteiger partial charge is 0.0893 e. The lowest BCUT2D eigenvalue weighted by Gasteiger charge is -2.04. The summed E-state index contributed by atoms with van der Waals surface area (Å²) in [6, 6.07) is 11.8. The van der Waals surface area contributed by atoms with Crippen LogP contribution in [0.3, 0.4) is 0 Å². The fraction of sp³-hybridized carbons (Fsp3) is 0. The molecule has 4 heteroatoms. The molecule has 4 heterocycles. The van der Waals surface area contributed by atoms with Crippen LogP contribution in [0, 0.1) is 0 Å². The molecular weight excluding hydrogens is 248 g/mol. The first-order valence-electron chi connectivity index (χ1n) is 6.32.